The molecule has 0 unspecified atom stereocenters. The number of carbonyl (C=O) groups is 2. The molecule has 3 heterocycles. The van der Waals surface area contributed by atoms with Crippen LogP contribution in [0, 0.1) is 5.82 Å². The highest BCUT2D eigenvalue weighted by Gasteiger charge is 2.36. The molecule has 1 atom stereocenters. The van der Waals surface area contributed by atoms with Crippen molar-refractivity contribution in [3.63, 3.8) is 0 Å². The summed E-state index contributed by atoms with van der Waals surface area (Å²) in [6.07, 6.45) is -0.324. The van der Waals surface area contributed by atoms with Crippen molar-refractivity contribution >= 4 is 23.4 Å². The summed E-state index contributed by atoms with van der Waals surface area (Å²) in [4.78, 5) is 29.2. The molecule has 2 amide bonds. The van der Waals surface area contributed by atoms with E-state index in [1.54, 1.807) is 17.0 Å². The molecule has 27 heavy (non-hydrogen) atoms. The number of amides is 2. The van der Waals surface area contributed by atoms with Gasteiger partial charge in [0, 0.05) is 25.2 Å². The third-order valence-corrected chi connectivity index (χ3v) is 5.17. The van der Waals surface area contributed by atoms with Crippen LogP contribution < -0.4 is 9.80 Å². The minimum Gasteiger partial charge on any atom is -0.442 e. The quantitative estimate of drug-likeness (QED) is 0.751. The van der Waals surface area contributed by atoms with Crippen molar-refractivity contribution in [3.05, 3.63) is 36.2 Å². The van der Waals surface area contributed by atoms with Crippen LogP contribution in [0.1, 0.15) is 6.42 Å². The molecule has 3 aliphatic rings. The Hall–Kier alpha value is -2.61. The standard InChI is InChI=1S/C19H22FN3O4/c1-13-4-5-22(18(13)24)11-15-12-23(19(25)27-15)14-2-3-17(16(20)10-14)21-6-8-26-9-7-21/h2-3,10,15H,1,4-9,11-12H2/t15-/m0/s1. The first kappa shape index (κ1) is 17.8. The summed E-state index contributed by atoms with van der Waals surface area (Å²) in [5, 5.41) is 0. The maximum absolute atomic E-state index is 14.6. The highest BCUT2D eigenvalue weighted by Crippen LogP contribution is 2.29. The van der Waals surface area contributed by atoms with Gasteiger partial charge in [0.1, 0.15) is 11.9 Å². The maximum atomic E-state index is 14.6. The van der Waals surface area contributed by atoms with Gasteiger partial charge in [-0.05, 0) is 24.6 Å². The number of benzene rings is 1. The van der Waals surface area contributed by atoms with Gasteiger partial charge in [0.15, 0.2) is 0 Å². The van der Waals surface area contributed by atoms with Gasteiger partial charge in [0.05, 0.1) is 37.7 Å². The third-order valence-electron chi connectivity index (χ3n) is 5.17. The van der Waals surface area contributed by atoms with Gasteiger partial charge in [-0.1, -0.05) is 6.58 Å². The first-order valence-electron chi connectivity index (χ1n) is 9.10. The normalized spacial score (nSPS) is 23.4. The second-order valence-corrected chi connectivity index (χ2v) is 6.96. The Balaban J connectivity index is 1.44. The van der Waals surface area contributed by atoms with Crippen molar-refractivity contribution in [2.75, 3.05) is 55.7 Å². The highest BCUT2D eigenvalue weighted by atomic mass is 19.1. The lowest BCUT2D eigenvalue weighted by Gasteiger charge is -2.29. The number of anilines is 2. The second-order valence-electron chi connectivity index (χ2n) is 6.96. The van der Waals surface area contributed by atoms with Crippen LogP contribution in [0.3, 0.4) is 0 Å². The van der Waals surface area contributed by atoms with Crippen molar-refractivity contribution in [3.8, 4) is 0 Å². The predicted molar refractivity (Wildman–Crippen MR) is 97.4 cm³/mol. The molecule has 3 fully saturated rings. The number of ether oxygens (including phenoxy) is 2. The number of cyclic esters (lactones) is 1. The van der Waals surface area contributed by atoms with Gasteiger partial charge < -0.3 is 19.3 Å². The Morgan fingerprint density at radius 2 is 1.96 bits per heavy atom. The largest absolute Gasteiger partial charge is 0.442 e. The molecule has 0 bridgehead atoms. The molecule has 0 N–H and O–H groups in total. The SMILES string of the molecule is C=C1CCN(C[C@H]2CN(c3ccc(N4CCOCC4)c(F)c3)C(=O)O2)C1=O. The number of halogens is 1. The summed E-state index contributed by atoms with van der Waals surface area (Å²) in [7, 11) is 0. The van der Waals surface area contributed by atoms with E-state index >= 15 is 0 Å². The van der Waals surface area contributed by atoms with Crippen LogP contribution in [0.15, 0.2) is 30.4 Å². The van der Waals surface area contributed by atoms with Crippen LogP contribution in [0.5, 0.6) is 0 Å². The van der Waals surface area contributed by atoms with E-state index in [-0.39, 0.29) is 18.3 Å². The molecule has 8 heteroatoms. The van der Waals surface area contributed by atoms with Gasteiger partial charge in [-0.3, -0.25) is 9.69 Å². The fourth-order valence-corrected chi connectivity index (χ4v) is 3.67. The van der Waals surface area contributed by atoms with E-state index < -0.39 is 12.2 Å². The van der Waals surface area contributed by atoms with Crippen LogP contribution >= 0.6 is 0 Å². The Morgan fingerprint density at radius 1 is 1.19 bits per heavy atom. The van der Waals surface area contributed by atoms with Crippen molar-refractivity contribution < 1.29 is 23.5 Å². The van der Waals surface area contributed by atoms with Crippen LogP contribution in [0.2, 0.25) is 0 Å². The molecule has 7 nitrogen and oxygen atoms in total. The second kappa shape index (κ2) is 7.19. The topological polar surface area (TPSA) is 62.3 Å². The Labute approximate surface area is 156 Å². The van der Waals surface area contributed by atoms with Crippen molar-refractivity contribution in [1.29, 1.82) is 0 Å². The van der Waals surface area contributed by atoms with Gasteiger partial charge in [-0.25, -0.2) is 9.18 Å². The van der Waals surface area contributed by atoms with Crippen molar-refractivity contribution in [2.24, 2.45) is 0 Å². The number of hydrogen-bond acceptors (Lipinski definition) is 5. The average molecular weight is 375 g/mol. The molecule has 0 saturated carbocycles. The van der Waals surface area contributed by atoms with E-state index in [9.17, 15) is 14.0 Å². The van der Waals surface area contributed by atoms with Gasteiger partial charge in [-0.15, -0.1) is 0 Å². The molecule has 1 aromatic carbocycles. The smallest absolute Gasteiger partial charge is 0.414 e. The Kier molecular flexibility index (Phi) is 4.73. The zero-order valence-corrected chi connectivity index (χ0v) is 15.0. The first-order valence-corrected chi connectivity index (χ1v) is 9.10. The monoisotopic (exact) mass is 375 g/mol. The summed E-state index contributed by atoms with van der Waals surface area (Å²) >= 11 is 0. The van der Waals surface area contributed by atoms with Crippen LogP contribution in [-0.2, 0) is 14.3 Å². The lowest BCUT2D eigenvalue weighted by molar-refractivity contribution is -0.125. The van der Waals surface area contributed by atoms with Crippen LogP contribution in [0.4, 0.5) is 20.6 Å². The molecular formula is C19H22FN3O4. The Morgan fingerprint density at radius 3 is 2.63 bits per heavy atom. The molecule has 1 aromatic rings. The molecule has 0 aromatic heterocycles. The average Bonchev–Trinajstić information content (AvgIpc) is 3.19. The summed E-state index contributed by atoms with van der Waals surface area (Å²) in [6.45, 7) is 7.35. The number of rotatable bonds is 4. The van der Waals surface area contributed by atoms with Gasteiger partial charge in [0.2, 0.25) is 5.91 Å². The molecule has 0 spiro atoms. The van der Waals surface area contributed by atoms with Gasteiger partial charge in [-0.2, -0.15) is 0 Å². The molecule has 0 aliphatic carbocycles. The Bertz CT molecular complexity index is 778. The first-order chi connectivity index (χ1) is 13.0. The zero-order valence-electron chi connectivity index (χ0n) is 15.0. The molecular weight excluding hydrogens is 353 g/mol. The third kappa shape index (κ3) is 3.49. The van der Waals surface area contributed by atoms with Crippen LogP contribution in [0.25, 0.3) is 0 Å². The number of likely N-dealkylation sites (tertiary alicyclic amines) is 1. The number of nitrogens with zero attached hydrogens (tertiary/aromatic N) is 3. The molecule has 0 radical (unpaired) electrons. The minimum absolute atomic E-state index is 0.0922. The van der Waals surface area contributed by atoms with E-state index in [1.807, 2.05) is 4.90 Å². The summed E-state index contributed by atoms with van der Waals surface area (Å²) < 4.78 is 25.3. The minimum atomic E-state index is -0.524. The highest BCUT2D eigenvalue weighted by molar-refractivity contribution is 5.95. The molecule has 4 rings (SSSR count). The zero-order chi connectivity index (χ0) is 19.0. The molecule has 144 valence electrons. The fraction of sp³-hybridized carbons (Fsp3) is 0.474. The lowest BCUT2D eigenvalue weighted by Crippen LogP contribution is -2.37. The summed E-state index contributed by atoms with van der Waals surface area (Å²) in [5.41, 5.74) is 1.54. The number of hydrogen-bond donors (Lipinski definition) is 0. The van der Waals surface area contributed by atoms with Crippen molar-refractivity contribution in [1.82, 2.24) is 4.90 Å². The van der Waals surface area contributed by atoms with E-state index in [4.69, 9.17) is 9.47 Å². The maximum Gasteiger partial charge on any atom is 0.414 e. The van der Waals surface area contributed by atoms with E-state index in [0.29, 0.717) is 62.8 Å². The number of carbonyl (C=O) groups excluding carboxylic acids is 2. The lowest BCUT2D eigenvalue weighted by atomic mass is 10.2. The number of morpholine rings is 1. The van der Waals surface area contributed by atoms with Gasteiger partial charge >= 0.3 is 6.09 Å². The fourth-order valence-electron chi connectivity index (χ4n) is 3.67. The summed E-state index contributed by atoms with van der Waals surface area (Å²) in [6, 6.07) is 4.77. The van der Waals surface area contributed by atoms with Crippen molar-refractivity contribution in [2.45, 2.75) is 12.5 Å². The van der Waals surface area contributed by atoms with Crippen LogP contribution in [-0.4, -0.2) is 68.9 Å². The molecule has 3 saturated heterocycles. The van der Waals surface area contributed by atoms with E-state index in [0.717, 1.165) is 0 Å². The van der Waals surface area contributed by atoms with E-state index in [2.05, 4.69) is 6.58 Å². The summed E-state index contributed by atoms with van der Waals surface area (Å²) in [5.74, 6) is -0.470. The molecule has 3 aliphatic heterocycles. The van der Waals surface area contributed by atoms with E-state index in [1.165, 1.54) is 11.0 Å². The van der Waals surface area contributed by atoms with Gasteiger partial charge in [0.25, 0.3) is 0 Å². The predicted octanol–water partition coefficient (Wildman–Crippen LogP) is 1.78.